The van der Waals surface area contributed by atoms with Gasteiger partial charge in [-0.3, -0.25) is 4.79 Å². The van der Waals surface area contributed by atoms with Crippen molar-refractivity contribution in [3.63, 3.8) is 0 Å². The number of hydrogen-bond acceptors (Lipinski definition) is 4. The van der Waals surface area contributed by atoms with E-state index in [1.165, 1.54) is 0 Å². The van der Waals surface area contributed by atoms with E-state index in [2.05, 4.69) is 12.6 Å². The van der Waals surface area contributed by atoms with Crippen LogP contribution in [0.2, 0.25) is 0 Å². The second kappa shape index (κ2) is 5.18. The monoisotopic (exact) mass is 233 g/mol. The zero-order chi connectivity index (χ0) is 11.5. The van der Waals surface area contributed by atoms with Crippen LogP contribution < -0.4 is 0 Å². The summed E-state index contributed by atoms with van der Waals surface area (Å²) in [6, 6.07) is 0. The lowest BCUT2D eigenvalue weighted by Gasteiger charge is -2.35. The summed E-state index contributed by atoms with van der Waals surface area (Å²) in [6.45, 7) is 3.22. The molecule has 1 amide bonds. The van der Waals surface area contributed by atoms with Crippen molar-refractivity contribution < 1.29 is 14.6 Å². The van der Waals surface area contributed by atoms with Gasteiger partial charge in [-0.2, -0.15) is 12.6 Å². The number of nitrogens with zero attached hydrogens (tertiary/aromatic N) is 1. The molecule has 1 N–H and O–H groups in total. The molecule has 1 fully saturated rings. The molecule has 88 valence electrons. The Morgan fingerprint density at radius 1 is 1.60 bits per heavy atom. The van der Waals surface area contributed by atoms with Gasteiger partial charge < -0.3 is 14.7 Å². The first-order valence-corrected chi connectivity index (χ1v) is 5.69. The average Bonchev–Trinajstić information content (AvgIpc) is 2.16. The van der Waals surface area contributed by atoms with Gasteiger partial charge in [-0.15, -0.1) is 0 Å². The Morgan fingerprint density at radius 2 is 2.13 bits per heavy atom. The van der Waals surface area contributed by atoms with Gasteiger partial charge in [0.15, 0.2) is 0 Å². The van der Waals surface area contributed by atoms with Crippen LogP contribution in [0.15, 0.2) is 0 Å². The molecule has 15 heavy (non-hydrogen) atoms. The number of rotatable bonds is 3. The van der Waals surface area contributed by atoms with Crippen molar-refractivity contribution in [3.05, 3.63) is 0 Å². The molecule has 5 heteroatoms. The lowest BCUT2D eigenvalue weighted by Crippen LogP contribution is -2.48. The van der Waals surface area contributed by atoms with Crippen LogP contribution in [-0.4, -0.2) is 53.6 Å². The minimum atomic E-state index is -0.786. The second-order valence-corrected chi connectivity index (χ2v) is 4.98. The van der Waals surface area contributed by atoms with Gasteiger partial charge in [-0.1, -0.05) is 0 Å². The number of aliphatic hydroxyl groups is 1. The Kier molecular flexibility index (Phi) is 4.43. The molecule has 0 spiro atoms. The Balaban J connectivity index is 2.48. The number of hydrogen-bond donors (Lipinski definition) is 2. The van der Waals surface area contributed by atoms with Crippen LogP contribution in [0.1, 0.15) is 19.8 Å². The van der Waals surface area contributed by atoms with E-state index in [1.807, 2.05) is 0 Å². The fraction of sp³-hybridized carbons (Fsp3) is 0.900. The summed E-state index contributed by atoms with van der Waals surface area (Å²) >= 11 is 4.08. The van der Waals surface area contributed by atoms with Gasteiger partial charge in [0, 0.05) is 39.6 Å². The van der Waals surface area contributed by atoms with Gasteiger partial charge in [0.1, 0.15) is 0 Å². The van der Waals surface area contributed by atoms with Crippen LogP contribution in [0, 0.1) is 0 Å². The quantitative estimate of drug-likeness (QED) is 0.690. The molecule has 0 aromatic heterocycles. The maximum atomic E-state index is 11.6. The number of likely N-dealkylation sites (N-methyl/N-ethyl adjacent to an activating group) is 1. The number of carbonyl (C=O) groups is 1. The molecular formula is C10H19NO3S. The maximum Gasteiger partial charge on any atom is 0.234 e. The van der Waals surface area contributed by atoms with Crippen LogP contribution in [0.4, 0.5) is 0 Å². The summed E-state index contributed by atoms with van der Waals surface area (Å²) in [6.07, 6.45) is 1.18. The minimum Gasteiger partial charge on any atom is -0.388 e. The van der Waals surface area contributed by atoms with Crippen LogP contribution in [-0.2, 0) is 9.53 Å². The Labute approximate surface area is 96.0 Å². The van der Waals surface area contributed by atoms with Gasteiger partial charge in [-0.25, -0.2) is 0 Å². The molecule has 0 bridgehead atoms. The van der Waals surface area contributed by atoms with Crippen molar-refractivity contribution >= 4 is 18.5 Å². The Hall–Kier alpha value is -0.260. The average molecular weight is 233 g/mol. The number of thiol groups is 1. The van der Waals surface area contributed by atoms with E-state index in [1.54, 1.807) is 18.9 Å². The summed E-state index contributed by atoms with van der Waals surface area (Å²) in [4.78, 5) is 13.1. The van der Waals surface area contributed by atoms with Crippen LogP contribution in [0.25, 0.3) is 0 Å². The lowest BCUT2D eigenvalue weighted by atomic mass is 9.94. The minimum absolute atomic E-state index is 0.0572. The molecule has 0 radical (unpaired) electrons. The van der Waals surface area contributed by atoms with Crippen molar-refractivity contribution in [2.24, 2.45) is 0 Å². The molecule has 4 nitrogen and oxygen atoms in total. The smallest absolute Gasteiger partial charge is 0.234 e. The third-order valence-corrected chi connectivity index (χ3v) is 2.91. The highest BCUT2D eigenvalue weighted by atomic mass is 32.1. The Bertz CT molecular complexity index is 227. The van der Waals surface area contributed by atoms with Gasteiger partial charge >= 0.3 is 0 Å². The SMILES string of the molecule is CC(S)C(=O)N(C)CC1(O)CCOCC1. The fourth-order valence-corrected chi connectivity index (χ4v) is 1.94. The number of carbonyl (C=O) groups excluding carboxylic acids is 1. The zero-order valence-electron chi connectivity index (χ0n) is 9.27. The van der Waals surface area contributed by atoms with E-state index in [-0.39, 0.29) is 11.2 Å². The highest BCUT2D eigenvalue weighted by molar-refractivity contribution is 7.81. The lowest BCUT2D eigenvalue weighted by molar-refractivity contribution is -0.135. The van der Waals surface area contributed by atoms with Crippen LogP contribution in [0.5, 0.6) is 0 Å². The molecule has 1 saturated heterocycles. The molecule has 0 aromatic rings. The standard InChI is InChI=1S/C10H19NO3S/c1-8(15)9(12)11(2)7-10(13)3-5-14-6-4-10/h8,13,15H,3-7H2,1-2H3. The van der Waals surface area contributed by atoms with Crippen molar-refractivity contribution in [3.8, 4) is 0 Å². The van der Waals surface area contributed by atoms with Gasteiger partial charge in [0.2, 0.25) is 5.91 Å². The molecule has 0 saturated carbocycles. The third kappa shape index (κ3) is 3.66. The predicted molar refractivity (Wildman–Crippen MR) is 61.1 cm³/mol. The fourth-order valence-electron chi connectivity index (χ4n) is 1.75. The van der Waals surface area contributed by atoms with Gasteiger partial charge in [0.05, 0.1) is 10.9 Å². The molecule has 0 aromatic carbocycles. The normalized spacial score (nSPS) is 22.1. The molecule has 1 unspecified atom stereocenters. The van der Waals surface area contributed by atoms with Crippen LogP contribution >= 0.6 is 12.6 Å². The summed E-state index contributed by atoms with van der Waals surface area (Å²) < 4.78 is 5.18. The topological polar surface area (TPSA) is 49.8 Å². The van der Waals surface area contributed by atoms with E-state index < -0.39 is 5.60 Å². The molecular weight excluding hydrogens is 214 g/mol. The van der Waals surface area contributed by atoms with E-state index in [9.17, 15) is 9.90 Å². The van der Waals surface area contributed by atoms with Crippen LogP contribution in [0.3, 0.4) is 0 Å². The Morgan fingerprint density at radius 3 is 2.60 bits per heavy atom. The third-order valence-electron chi connectivity index (χ3n) is 2.69. The number of ether oxygens (including phenoxy) is 1. The summed E-state index contributed by atoms with van der Waals surface area (Å²) in [7, 11) is 1.70. The molecule has 1 rings (SSSR count). The van der Waals surface area contributed by atoms with E-state index >= 15 is 0 Å². The second-order valence-electron chi connectivity index (χ2n) is 4.21. The first-order chi connectivity index (χ1) is 6.94. The van der Waals surface area contributed by atoms with Gasteiger partial charge in [0.25, 0.3) is 0 Å². The van der Waals surface area contributed by atoms with Gasteiger partial charge in [-0.05, 0) is 6.92 Å². The molecule has 1 atom stereocenters. The van der Waals surface area contributed by atoms with E-state index in [4.69, 9.17) is 4.74 Å². The van der Waals surface area contributed by atoms with Crippen molar-refractivity contribution in [1.82, 2.24) is 4.90 Å². The van der Waals surface area contributed by atoms with E-state index in [0.717, 1.165) is 0 Å². The molecule has 1 heterocycles. The van der Waals surface area contributed by atoms with Crippen molar-refractivity contribution in [1.29, 1.82) is 0 Å². The molecule has 1 aliphatic heterocycles. The summed E-state index contributed by atoms with van der Waals surface area (Å²) in [5, 5.41) is 9.85. The molecule has 1 aliphatic rings. The summed E-state index contributed by atoms with van der Waals surface area (Å²) in [5.74, 6) is -0.0572. The highest BCUT2D eigenvalue weighted by Crippen LogP contribution is 2.21. The molecule has 0 aliphatic carbocycles. The predicted octanol–water partition coefficient (Wildman–Crippen LogP) is 0.305. The highest BCUT2D eigenvalue weighted by Gasteiger charge is 2.32. The van der Waals surface area contributed by atoms with Crippen molar-refractivity contribution in [2.45, 2.75) is 30.6 Å². The first kappa shape index (κ1) is 12.8. The number of amides is 1. The van der Waals surface area contributed by atoms with E-state index in [0.29, 0.717) is 32.6 Å². The maximum absolute atomic E-state index is 11.6. The first-order valence-electron chi connectivity index (χ1n) is 5.18. The summed E-state index contributed by atoms with van der Waals surface area (Å²) in [5.41, 5.74) is -0.786. The van der Waals surface area contributed by atoms with Crippen molar-refractivity contribution in [2.75, 3.05) is 26.8 Å². The largest absolute Gasteiger partial charge is 0.388 e. The zero-order valence-corrected chi connectivity index (χ0v) is 10.2.